The number of carbonyl (C=O) groups excluding carboxylic acids is 1. The average Bonchev–Trinajstić information content (AvgIpc) is 2.40. The highest BCUT2D eigenvalue weighted by Crippen LogP contribution is 2.25. The molecule has 0 spiro atoms. The molecule has 2 rings (SSSR count). The molecule has 0 saturated heterocycles. The van der Waals surface area contributed by atoms with Gasteiger partial charge in [0.2, 0.25) is 5.91 Å². The van der Waals surface area contributed by atoms with Crippen LogP contribution in [-0.4, -0.2) is 30.1 Å². The molecule has 0 atom stereocenters. The second kappa shape index (κ2) is 5.66. The van der Waals surface area contributed by atoms with E-state index in [0.29, 0.717) is 13.0 Å². The van der Waals surface area contributed by atoms with Crippen LogP contribution in [0.25, 0.3) is 5.57 Å². The quantitative estimate of drug-likeness (QED) is 0.926. The van der Waals surface area contributed by atoms with Crippen molar-refractivity contribution in [2.24, 2.45) is 5.73 Å². The van der Waals surface area contributed by atoms with E-state index < -0.39 is 18.6 Å². The van der Waals surface area contributed by atoms with Crippen LogP contribution in [0.1, 0.15) is 17.5 Å². The van der Waals surface area contributed by atoms with E-state index in [1.165, 1.54) is 6.08 Å². The van der Waals surface area contributed by atoms with Crippen molar-refractivity contribution < 1.29 is 18.0 Å². The minimum absolute atomic E-state index is 0.0861. The molecule has 20 heavy (non-hydrogen) atoms. The molecule has 1 aromatic carbocycles. The average molecular weight is 284 g/mol. The predicted octanol–water partition coefficient (Wildman–Crippen LogP) is 2.32. The van der Waals surface area contributed by atoms with Crippen molar-refractivity contribution >= 4 is 11.5 Å². The Labute approximate surface area is 114 Å². The van der Waals surface area contributed by atoms with Crippen LogP contribution < -0.4 is 5.73 Å². The van der Waals surface area contributed by atoms with Crippen molar-refractivity contribution in [2.75, 3.05) is 13.1 Å². The summed E-state index contributed by atoms with van der Waals surface area (Å²) in [6.45, 7) is -0.678. The normalized spacial score (nSPS) is 16.3. The van der Waals surface area contributed by atoms with Gasteiger partial charge in [-0.15, -0.1) is 0 Å². The lowest BCUT2D eigenvalue weighted by molar-refractivity contribution is -0.158. The fourth-order valence-corrected chi connectivity index (χ4v) is 2.13. The Balaban J connectivity index is 2.12. The Kier molecular flexibility index (Phi) is 4.13. The lowest BCUT2D eigenvalue weighted by Gasteiger charge is -2.27. The molecule has 0 bridgehead atoms. The highest BCUT2D eigenvalue weighted by molar-refractivity contribution is 5.97. The highest BCUT2D eigenvalue weighted by atomic mass is 19.4. The first-order valence-corrected chi connectivity index (χ1v) is 6.24. The molecule has 0 unspecified atom stereocenters. The van der Waals surface area contributed by atoms with Gasteiger partial charge >= 0.3 is 6.18 Å². The summed E-state index contributed by atoms with van der Waals surface area (Å²) in [5.41, 5.74) is 8.07. The van der Waals surface area contributed by atoms with Crippen molar-refractivity contribution in [2.45, 2.75) is 19.1 Å². The van der Waals surface area contributed by atoms with E-state index in [4.69, 9.17) is 5.73 Å². The molecular weight excluding hydrogens is 269 g/mol. The second-order valence-electron chi connectivity index (χ2n) is 4.70. The zero-order chi connectivity index (χ0) is 14.8. The lowest BCUT2D eigenvalue weighted by Crippen LogP contribution is -2.40. The summed E-state index contributed by atoms with van der Waals surface area (Å²) in [4.78, 5) is 12.5. The standard InChI is InChI=1S/C14H15F3N2O/c15-14(16,17)9-19-6-5-12(7-13(19)20)11-3-1-10(8-18)2-4-11/h1-4,7H,5-6,8-9,18H2. The molecule has 0 aliphatic carbocycles. The number of hydrogen-bond donors (Lipinski definition) is 1. The smallest absolute Gasteiger partial charge is 0.330 e. The zero-order valence-electron chi connectivity index (χ0n) is 10.8. The van der Waals surface area contributed by atoms with E-state index in [1.54, 1.807) is 0 Å². The summed E-state index contributed by atoms with van der Waals surface area (Å²) >= 11 is 0. The maximum atomic E-state index is 12.3. The third-order valence-electron chi connectivity index (χ3n) is 3.19. The van der Waals surface area contributed by atoms with Gasteiger partial charge in [-0.1, -0.05) is 24.3 Å². The van der Waals surface area contributed by atoms with Gasteiger partial charge in [0.05, 0.1) is 0 Å². The summed E-state index contributed by atoms with van der Waals surface area (Å²) in [6.07, 6.45) is -2.65. The minimum Gasteiger partial charge on any atom is -0.330 e. The van der Waals surface area contributed by atoms with Gasteiger partial charge in [-0.25, -0.2) is 0 Å². The molecule has 3 nitrogen and oxygen atoms in total. The summed E-state index contributed by atoms with van der Waals surface area (Å²) in [5.74, 6) is -0.591. The summed E-state index contributed by atoms with van der Waals surface area (Å²) in [5, 5.41) is 0. The van der Waals surface area contributed by atoms with Crippen molar-refractivity contribution in [3.05, 3.63) is 41.5 Å². The fourth-order valence-electron chi connectivity index (χ4n) is 2.13. The van der Waals surface area contributed by atoms with E-state index in [2.05, 4.69) is 0 Å². The van der Waals surface area contributed by atoms with Gasteiger partial charge in [-0.2, -0.15) is 13.2 Å². The highest BCUT2D eigenvalue weighted by Gasteiger charge is 2.33. The van der Waals surface area contributed by atoms with Gasteiger partial charge in [0.1, 0.15) is 6.54 Å². The predicted molar refractivity (Wildman–Crippen MR) is 69.6 cm³/mol. The first-order chi connectivity index (χ1) is 9.39. The summed E-state index contributed by atoms with van der Waals surface area (Å²) < 4.78 is 36.9. The molecule has 0 aromatic heterocycles. The number of nitrogens with two attached hydrogens (primary N) is 1. The largest absolute Gasteiger partial charge is 0.406 e. The van der Waals surface area contributed by atoms with Gasteiger partial charge in [-0.05, 0) is 23.1 Å². The second-order valence-corrected chi connectivity index (χ2v) is 4.70. The first kappa shape index (κ1) is 14.6. The topological polar surface area (TPSA) is 46.3 Å². The fraction of sp³-hybridized carbons (Fsp3) is 0.357. The van der Waals surface area contributed by atoms with Crippen molar-refractivity contribution in [1.29, 1.82) is 0 Å². The molecule has 1 aliphatic rings. The van der Waals surface area contributed by atoms with E-state index in [-0.39, 0.29) is 6.54 Å². The molecule has 1 aliphatic heterocycles. The molecule has 2 N–H and O–H groups in total. The third-order valence-corrected chi connectivity index (χ3v) is 3.19. The number of benzene rings is 1. The maximum Gasteiger partial charge on any atom is 0.406 e. The number of amides is 1. The van der Waals surface area contributed by atoms with Crippen LogP contribution in [0.5, 0.6) is 0 Å². The van der Waals surface area contributed by atoms with Crippen molar-refractivity contribution in [1.82, 2.24) is 4.90 Å². The molecule has 1 amide bonds. The lowest BCUT2D eigenvalue weighted by atomic mass is 9.98. The number of nitrogens with zero attached hydrogens (tertiary/aromatic N) is 1. The van der Waals surface area contributed by atoms with Crippen LogP contribution in [0.4, 0.5) is 13.2 Å². The van der Waals surface area contributed by atoms with Crippen molar-refractivity contribution in [3.8, 4) is 0 Å². The molecule has 108 valence electrons. The molecule has 0 fully saturated rings. The van der Waals surface area contributed by atoms with E-state index in [9.17, 15) is 18.0 Å². The van der Waals surface area contributed by atoms with Crippen LogP contribution in [-0.2, 0) is 11.3 Å². The minimum atomic E-state index is -4.36. The Hall–Kier alpha value is -1.82. The number of halogens is 3. The Morgan fingerprint density at radius 1 is 1.20 bits per heavy atom. The van der Waals surface area contributed by atoms with Gasteiger partial charge < -0.3 is 10.6 Å². The molecular formula is C14H15F3N2O. The van der Waals surface area contributed by atoms with Crippen LogP contribution >= 0.6 is 0 Å². The Morgan fingerprint density at radius 2 is 1.85 bits per heavy atom. The van der Waals surface area contributed by atoms with Crippen LogP contribution in [0, 0.1) is 0 Å². The van der Waals surface area contributed by atoms with Gasteiger partial charge in [0.15, 0.2) is 0 Å². The molecule has 0 saturated carbocycles. The number of rotatable bonds is 3. The summed E-state index contributed by atoms with van der Waals surface area (Å²) in [7, 11) is 0. The van der Waals surface area contributed by atoms with Gasteiger partial charge in [0, 0.05) is 19.2 Å². The number of carbonyl (C=O) groups is 1. The third kappa shape index (κ3) is 3.60. The molecule has 6 heteroatoms. The SMILES string of the molecule is NCc1ccc(C2=CC(=O)N(CC(F)(F)F)CC2)cc1. The molecule has 1 heterocycles. The monoisotopic (exact) mass is 284 g/mol. The van der Waals surface area contributed by atoms with Crippen LogP contribution in [0.2, 0.25) is 0 Å². The molecule has 0 radical (unpaired) electrons. The first-order valence-electron chi connectivity index (χ1n) is 6.24. The van der Waals surface area contributed by atoms with Gasteiger partial charge in [0.25, 0.3) is 0 Å². The Bertz CT molecular complexity index is 520. The van der Waals surface area contributed by atoms with E-state index in [1.807, 2.05) is 24.3 Å². The van der Waals surface area contributed by atoms with Crippen molar-refractivity contribution in [3.63, 3.8) is 0 Å². The maximum absolute atomic E-state index is 12.3. The van der Waals surface area contributed by atoms with E-state index in [0.717, 1.165) is 21.6 Å². The zero-order valence-corrected chi connectivity index (χ0v) is 10.8. The van der Waals surface area contributed by atoms with Crippen LogP contribution in [0.3, 0.4) is 0 Å². The summed E-state index contributed by atoms with van der Waals surface area (Å²) in [6, 6.07) is 7.37. The molecule has 1 aromatic rings. The number of hydrogen-bond acceptors (Lipinski definition) is 2. The van der Waals surface area contributed by atoms with E-state index >= 15 is 0 Å². The number of alkyl halides is 3. The van der Waals surface area contributed by atoms with Crippen LogP contribution in [0.15, 0.2) is 30.3 Å². The van der Waals surface area contributed by atoms with Gasteiger partial charge in [-0.3, -0.25) is 4.79 Å². The Morgan fingerprint density at radius 3 is 2.35 bits per heavy atom.